The summed E-state index contributed by atoms with van der Waals surface area (Å²) in [5, 5.41) is 3.46. The van der Waals surface area contributed by atoms with Crippen molar-refractivity contribution < 1.29 is 0 Å². The predicted octanol–water partition coefficient (Wildman–Crippen LogP) is 1.14. The van der Waals surface area contributed by atoms with E-state index in [1.54, 1.807) is 5.57 Å². The molecule has 2 rings (SSSR count). The standard InChI is InChI=1S/C11H20N2/c1-7(2)8-3-4-11(12)10-6-13-5-9(8)10/h3,7,9-11,13H,4-6,12H2,1-2H3. The molecule has 0 radical (unpaired) electrons. The Morgan fingerprint density at radius 3 is 2.92 bits per heavy atom. The highest BCUT2D eigenvalue weighted by Crippen LogP contribution is 2.36. The average Bonchev–Trinajstić information content (AvgIpc) is 2.53. The molecule has 0 aromatic rings. The summed E-state index contributed by atoms with van der Waals surface area (Å²) in [6, 6.07) is 0.391. The topological polar surface area (TPSA) is 38.0 Å². The first-order chi connectivity index (χ1) is 6.20. The SMILES string of the molecule is CC(C)C1=CCC(N)C2CNCC12. The second-order valence-corrected chi connectivity index (χ2v) is 4.69. The van der Waals surface area contributed by atoms with Gasteiger partial charge in [-0.15, -0.1) is 0 Å². The summed E-state index contributed by atoms with van der Waals surface area (Å²) in [6.45, 7) is 6.84. The maximum Gasteiger partial charge on any atom is 0.0120 e. The van der Waals surface area contributed by atoms with Crippen LogP contribution in [0.15, 0.2) is 11.6 Å². The number of nitrogens with one attached hydrogen (secondary N) is 1. The fourth-order valence-electron chi connectivity index (χ4n) is 2.78. The molecule has 3 unspecified atom stereocenters. The van der Waals surface area contributed by atoms with Gasteiger partial charge in [0.05, 0.1) is 0 Å². The Bertz CT molecular complexity index is 220. The van der Waals surface area contributed by atoms with E-state index in [2.05, 4.69) is 25.2 Å². The Kier molecular flexibility index (Phi) is 2.43. The lowest BCUT2D eigenvalue weighted by atomic mass is 9.74. The van der Waals surface area contributed by atoms with Crippen LogP contribution in [0.25, 0.3) is 0 Å². The Hall–Kier alpha value is -0.340. The molecule has 3 N–H and O–H groups in total. The first-order valence-corrected chi connectivity index (χ1v) is 5.36. The first-order valence-electron chi connectivity index (χ1n) is 5.36. The van der Waals surface area contributed by atoms with Crippen molar-refractivity contribution in [3.05, 3.63) is 11.6 Å². The van der Waals surface area contributed by atoms with Crippen molar-refractivity contribution in [2.75, 3.05) is 13.1 Å². The number of fused-ring (bicyclic) bond motifs is 1. The Balaban J connectivity index is 2.20. The summed E-state index contributed by atoms with van der Waals surface area (Å²) in [4.78, 5) is 0. The van der Waals surface area contributed by atoms with Crippen LogP contribution in [0.5, 0.6) is 0 Å². The third-order valence-electron chi connectivity index (χ3n) is 3.53. The van der Waals surface area contributed by atoms with Crippen LogP contribution < -0.4 is 11.1 Å². The van der Waals surface area contributed by atoms with Gasteiger partial charge in [-0.3, -0.25) is 0 Å². The fraction of sp³-hybridized carbons (Fsp3) is 0.818. The zero-order valence-corrected chi connectivity index (χ0v) is 8.59. The maximum absolute atomic E-state index is 6.10. The number of hydrogen-bond donors (Lipinski definition) is 2. The lowest BCUT2D eigenvalue weighted by Gasteiger charge is -2.32. The third kappa shape index (κ3) is 1.53. The van der Waals surface area contributed by atoms with Gasteiger partial charge in [-0.2, -0.15) is 0 Å². The van der Waals surface area contributed by atoms with E-state index in [4.69, 9.17) is 5.73 Å². The molecule has 74 valence electrons. The van der Waals surface area contributed by atoms with Gasteiger partial charge >= 0.3 is 0 Å². The molecule has 13 heavy (non-hydrogen) atoms. The van der Waals surface area contributed by atoms with E-state index >= 15 is 0 Å². The highest BCUT2D eigenvalue weighted by Gasteiger charge is 2.37. The van der Waals surface area contributed by atoms with Crippen molar-refractivity contribution in [2.24, 2.45) is 23.5 Å². The van der Waals surface area contributed by atoms with Gasteiger partial charge in [-0.25, -0.2) is 0 Å². The van der Waals surface area contributed by atoms with E-state index in [0.717, 1.165) is 25.4 Å². The molecular formula is C11H20N2. The molecule has 1 aliphatic carbocycles. The van der Waals surface area contributed by atoms with E-state index in [0.29, 0.717) is 17.9 Å². The molecule has 2 aliphatic rings. The van der Waals surface area contributed by atoms with E-state index in [9.17, 15) is 0 Å². The summed E-state index contributed by atoms with van der Waals surface area (Å²) < 4.78 is 0. The lowest BCUT2D eigenvalue weighted by Crippen LogP contribution is -2.38. The Labute approximate surface area is 80.6 Å². The predicted molar refractivity (Wildman–Crippen MR) is 55.4 cm³/mol. The van der Waals surface area contributed by atoms with Gasteiger partial charge in [0, 0.05) is 19.1 Å². The van der Waals surface area contributed by atoms with Crippen LogP contribution in [0.2, 0.25) is 0 Å². The minimum Gasteiger partial charge on any atom is -0.327 e. The van der Waals surface area contributed by atoms with E-state index in [1.165, 1.54) is 0 Å². The average molecular weight is 180 g/mol. The van der Waals surface area contributed by atoms with Crippen LogP contribution in [0.1, 0.15) is 20.3 Å². The molecule has 2 nitrogen and oxygen atoms in total. The van der Waals surface area contributed by atoms with Crippen molar-refractivity contribution >= 4 is 0 Å². The van der Waals surface area contributed by atoms with Gasteiger partial charge in [0.1, 0.15) is 0 Å². The quantitative estimate of drug-likeness (QED) is 0.594. The molecule has 1 aliphatic heterocycles. The Morgan fingerprint density at radius 1 is 1.46 bits per heavy atom. The Morgan fingerprint density at radius 2 is 2.23 bits per heavy atom. The van der Waals surface area contributed by atoms with Crippen LogP contribution >= 0.6 is 0 Å². The summed E-state index contributed by atoms with van der Waals surface area (Å²) in [5.74, 6) is 2.12. The van der Waals surface area contributed by atoms with Crippen molar-refractivity contribution in [2.45, 2.75) is 26.3 Å². The smallest absolute Gasteiger partial charge is 0.0120 e. The zero-order chi connectivity index (χ0) is 9.42. The molecule has 1 saturated heterocycles. The highest BCUT2D eigenvalue weighted by molar-refractivity contribution is 5.19. The summed E-state index contributed by atoms with van der Waals surface area (Å²) in [6.07, 6.45) is 3.46. The van der Waals surface area contributed by atoms with Crippen LogP contribution in [0.4, 0.5) is 0 Å². The van der Waals surface area contributed by atoms with Crippen LogP contribution in [-0.4, -0.2) is 19.1 Å². The van der Waals surface area contributed by atoms with Crippen LogP contribution in [0, 0.1) is 17.8 Å². The first kappa shape index (κ1) is 9.22. The molecule has 0 bridgehead atoms. The molecule has 1 heterocycles. The molecule has 0 saturated carbocycles. The lowest BCUT2D eigenvalue weighted by molar-refractivity contribution is 0.346. The van der Waals surface area contributed by atoms with E-state index in [1.807, 2.05) is 0 Å². The molecule has 3 atom stereocenters. The summed E-state index contributed by atoms with van der Waals surface area (Å²) in [7, 11) is 0. The molecule has 1 fully saturated rings. The second-order valence-electron chi connectivity index (χ2n) is 4.69. The van der Waals surface area contributed by atoms with E-state index < -0.39 is 0 Å². The highest BCUT2D eigenvalue weighted by atomic mass is 14.9. The van der Waals surface area contributed by atoms with Gasteiger partial charge < -0.3 is 11.1 Å². The molecule has 0 aromatic carbocycles. The van der Waals surface area contributed by atoms with Crippen molar-refractivity contribution in [1.82, 2.24) is 5.32 Å². The zero-order valence-electron chi connectivity index (χ0n) is 8.59. The molecule has 0 spiro atoms. The van der Waals surface area contributed by atoms with Crippen LogP contribution in [-0.2, 0) is 0 Å². The minimum absolute atomic E-state index is 0.391. The number of rotatable bonds is 1. The number of nitrogens with two attached hydrogens (primary N) is 1. The van der Waals surface area contributed by atoms with Gasteiger partial charge in [0.15, 0.2) is 0 Å². The van der Waals surface area contributed by atoms with Gasteiger partial charge in [-0.05, 0) is 24.2 Å². The summed E-state index contributed by atoms with van der Waals surface area (Å²) in [5.41, 5.74) is 7.73. The van der Waals surface area contributed by atoms with E-state index in [-0.39, 0.29) is 0 Å². The van der Waals surface area contributed by atoms with Crippen molar-refractivity contribution in [3.8, 4) is 0 Å². The second kappa shape index (κ2) is 3.43. The molecule has 0 amide bonds. The maximum atomic E-state index is 6.10. The minimum atomic E-state index is 0.391. The third-order valence-corrected chi connectivity index (χ3v) is 3.53. The van der Waals surface area contributed by atoms with Gasteiger partial charge in [0.2, 0.25) is 0 Å². The monoisotopic (exact) mass is 180 g/mol. The van der Waals surface area contributed by atoms with Crippen LogP contribution in [0.3, 0.4) is 0 Å². The van der Waals surface area contributed by atoms with Crippen molar-refractivity contribution in [1.29, 1.82) is 0 Å². The summed E-state index contributed by atoms with van der Waals surface area (Å²) >= 11 is 0. The molecular weight excluding hydrogens is 160 g/mol. The normalized spacial score (nSPS) is 39.1. The largest absolute Gasteiger partial charge is 0.327 e. The molecule has 2 heteroatoms. The van der Waals surface area contributed by atoms with Gasteiger partial charge in [0.25, 0.3) is 0 Å². The number of hydrogen-bond acceptors (Lipinski definition) is 2. The van der Waals surface area contributed by atoms with Gasteiger partial charge in [-0.1, -0.05) is 25.5 Å². The molecule has 0 aromatic heterocycles. The van der Waals surface area contributed by atoms with Crippen molar-refractivity contribution in [3.63, 3.8) is 0 Å². The fourth-order valence-corrected chi connectivity index (χ4v) is 2.78.